The lowest BCUT2D eigenvalue weighted by Crippen LogP contribution is -2.15. The summed E-state index contributed by atoms with van der Waals surface area (Å²) in [5.41, 5.74) is 0.593. The monoisotopic (exact) mass is 274 g/mol. The van der Waals surface area contributed by atoms with E-state index in [0.29, 0.717) is 5.56 Å². The quantitative estimate of drug-likeness (QED) is 0.528. The molecule has 96 valence electrons. The Morgan fingerprint density at radius 1 is 1.05 bits per heavy atom. The SMILES string of the molecule is O=C(NSc1ccc([N+](=O)[O-])cc1)c1ccccc1. The summed E-state index contributed by atoms with van der Waals surface area (Å²) in [6.07, 6.45) is 0. The molecule has 6 heteroatoms. The second-order valence-electron chi connectivity index (χ2n) is 3.65. The highest BCUT2D eigenvalue weighted by atomic mass is 32.2. The van der Waals surface area contributed by atoms with Gasteiger partial charge >= 0.3 is 0 Å². The number of non-ortho nitro benzene ring substituents is 1. The van der Waals surface area contributed by atoms with Crippen molar-refractivity contribution in [1.29, 1.82) is 0 Å². The first-order valence-electron chi connectivity index (χ1n) is 5.43. The number of nitro groups is 1. The van der Waals surface area contributed by atoms with Crippen molar-refractivity contribution in [3.63, 3.8) is 0 Å². The van der Waals surface area contributed by atoms with Crippen LogP contribution in [-0.4, -0.2) is 10.8 Å². The molecular formula is C13H10N2O3S. The highest BCUT2D eigenvalue weighted by molar-refractivity contribution is 7.98. The zero-order chi connectivity index (χ0) is 13.7. The molecule has 2 aromatic rings. The van der Waals surface area contributed by atoms with E-state index in [1.54, 1.807) is 36.4 Å². The molecule has 0 spiro atoms. The zero-order valence-corrected chi connectivity index (χ0v) is 10.6. The van der Waals surface area contributed by atoms with Crippen LogP contribution in [0.1, 0.15) is 10.4 Å². The molecule has 19 heavy (non-hydrogen) atoms. The number of nitrogens with one attached hydrogen (secondary N) is 1. The average Bonchev–Trinajstić information content (AvgIpc) is 2.46. The summed E-state index contributed by atoms with van der Waals surface area (Å²) in [6, 6.07) is 14.8. The van der Waals surface area contributed by atoms with Gasteiger partial charge in [0.15, 0.2) is 0 Å². The summed E-state index contributed by atoms with van der Waals surface area (Å²) >= 11 is 1.12. The fourth-order valence-electron chi connectivity index (χ4n) is 1.39. The van der Waals surface area contributed by atoms with Crippen LogP contribution in [-0.2, 0) is 0 Å². The molecule has 0 fully saturated rings. The third-order valence-electron chi connectivity index (χ3n) is 2.35. The van der Waals surface area contributed by atoms with E-state index in [9.17, 15) is 14.9 Å². The molecule has 0 saturated carbocycles. The molecule has 0 aliphatic heterocycles. The van der Waals surface area contributed by atoms with Crippen LogP contribution in [0, 0.1) is 10.1 Å². The van der Waals surface area contributed by atoms with E-state index < -0.39 is 4.92 Å². The molecule has 0 aliphatic carbocycles. The molecule has 0 unspecified atom stereocenters. The number of hydrogen-bond acceptors (Lipinski definition) is 4. The van der Waals surface area contributed by atoms with Gasteiger partial charge in [0, 0.05) is 22.6 Å². The number of carbonyl (C=O) groups is 1. The number of rotatable bonds is 4. The predicted molar refractivity (Wildman–Crippen MR) is 72.9 cm³/mol. The van der Waals surface area contributed by atoms with Crippen LogP contribution in [0.15, 0.2) is 59.5 Å². The van der Waals surface area contributed by atoms with E-state index in [2.05, 4.69) is 4.72 Å². The standard InChI is InChI=1S/C13H10N2O3S/c16-13(10-4-2-1-3-5-10)14-19-12-8-6-11(7-9-12)15(17)18/h1-9H,(H,14,16). The Hall–Kier alpha value is -2.34. The fourth-order valence-corrected chi connectivity index (χ4v) is 1.99. The molecule has 2 aromatic carbocycles. The minimum Gasteiger partial charge on any atom is -0.292 e. The molecule has 0 radical (unpaired) electrons. The van der Waals surface area contributed by atoms with E-state index in [1.807, 2.05) is 6.07 Å². The molecule has 2 rings (SSSR count). The highest BCUT2D eigenvalue weighted by Crippen LogP contribution is 2.19. The second-order valence-corrected chi connectivity index (χ2v) is 4.53. The fraction of sp³-hybridized carbons (Fsp3) is 0. The Bertz CT molecular complexity index is 585. The predicted octanol–water partition coefficient (Wildman–Crippen LogP) is 3.03. The summed E-state index contributed by atoms with van der Waals surface area (Å²) in [7, 11) is 0. The molecule has 1 N–H and O–H groups in total. The third-order valence-corrected chi connectivity index (χ3v) is 3.14. The van der Waals surface area contributed by atoms with E-state index in [-0.39, 0.29) is 11.6 Å². The lowest BCUT2D eigenvalue weighted by Gasteiger charge is -2.03. The van der Waals surface area contributed by atoms with Gasteiger partial charge in [0.2, 0.25) is 0 Å². The van der Waals surface area contributed by atoms with Crippen molar-refractivity contribution >= 4 is 23.5 Å². The van der Waals surface area contributed by atoms with Crippen LogP contribution < -0.4 is 4.72 Å². The van der Waals surface area contributed by atoms with Crippen LogP contribution in [0.5, 0.6) is 0 Å². The molecule has 0 saturated heterocycles. The van der Waals surface area contributed by atoms with Crippen LogP contribution in [0.3, 0.4) is 0 Å². The van der Waals surface area contributed by atoms with E-state index in [4.69, 9.17) is 0 Å². The smallest absolute Gasteiger partial charge is 0.269 e. The van der Waals surface area contributed by atoms with Crippen molar-refractivity contribution in [2.45, 2.75) is 4.90 Å². The van der Waals surface area contributed by atoms with E-state index >= 15 is 0 Å². The van der Waals surface area contributed by atoms with Gasteiger partial charge in [-0.3, -0.25) is 19.6 Å². The topological polar surface area (TPSA) is 72.2 Å². The summed E-state index contributed by atoms with van der Waals surface area (Å²) in [5.74, 6) is -0.205. The first-order chi connectivity index (χ1) is 9.16. The Labute approximate surface area is 113 Å². The van der Waals surface area contributed by atoms with E-state index in [1.165, 1.54) is 12.1 Å². The van der Waals surface area contributed by atoms with Crippen molar-refractivity contribution in [1.82, 2.24) is 4.72 Å². The highest BCUT2D eigenvalue weighted by Gasteiger charge is 2.07. The lowest BCUT2D eigenvalue weighted by molar-refractivity contribution is -0.384. The van der Waals surface area contributed by atoms with Gasteiger partial charge in [-0.1, -0.05) is 18.2 Å². The van der Waals surface area contributed by atoms with Crippen molar-refractivity contribution < 1.29 is 9.72 Å². The van der Waals surface area contributed by atoms with E-state index in [0.717, 1.165) is 16.8 Å². The van der Waals surface area contributed by atoms with Gasteiger partial charge in [-0.05, 0) is 36.2 Å². The van der Waals surface area contributed by atoms with Crippen molar-refractivity contribution in [2.75, 3.05) is 0 Å². The number of nitrogens with zero attached hydrogens (tertiary/aromatic N) is 1. The van der Waals surface area contributed by atoms with Gasteiger partial charge in [-0.25, -0.2) is 0 Å². The van der Waals surface area contributed by atoms with Crippen LogP contribution in [0.25, 0.3) is 0 Å². The van der Waals surface area contributed by atoms with Crippen molar-refractivity contribution in [3.05, 3.63) is 70.3 Å². The van der Waals surface area contributed by atoms with Crippen LogP contribution in [0.2, 0.25) is 0 Å². The minimum absolute atomic E-state index is 0.0266. The molecular weight excluding hydrogens is 264 g/mol. The number of benzene rings is 2. The van der Waals surface area contributed by atoms with Crippen molar-refractivity contribution in [2.24, 2.45) is 0 Å². The maximum Gasteiger partial charge on any atom is 0.269 e. The maximum atomic E-state index is 11.8. The first-order valence-corrected chi connectivity index (χ1v) is 6.25. The minimum atomic E-state index is -0.461. The zero-order valence-electron chi connectivity index (χ0n) is 9.78. The average molecular weight is 274 g/mol. The molecule has 0 bridgehead atoms. The third kappa shape index (κ3) is 3.56. The number of hydrogen-bond donors (Lipinski definition) is 1. The molecule has 5 nitrogen and oxygen atoms in total. The Morgan fingerprint density at radius 3 is 2.26 bits per heavy atom. The number of nitro benzene ring substituents is 1. The molecule has 0 aliphatic rings. The molecule has 0 atom stereocenters. The Balaban J connectivity index is 1.95. The summed E-state index contributed by atoms with van der Waals surface area (Å²) < 4.78 is 2.67. The second kappa shape index (κ2) is 6.01. The molecule has 1 amide bonds. The van der Waals surface area contributed by atoms with Gasteiger partial charge in [-0.15, -0.1) is 0 Å². The number of amides is 1. The van der Waals surface area contributed by atoms with Crippen LogP contribution >= 0.6 is 11.9 Å². The van der Waals surface area contributed by atoms with Gasteiger partial charge < -0.3 is 0 Å². The van der Waals surface area contributed by atoms with Gasteiger partial charge in [0.25, 0.3) is 11.6 Å². The van der Waals surface area contributed by atoms with Gasteiger partial charge in [-0.2, -0.15) is 0 Å². The molecule has 0 aromatic heterocycles. The van der Waals surface area contributed by atoms with Crippen molar-refractivity contribution in [3.8, 4) is 0 Å². The first kappa shape index (κ1) is 13.1. The van der Waals surface area contributed by atoms with Gasteiger partial charge in [0.05, 0.1) is 4.92 Å². The Morgan fingerprint density at radius 2 is 1.68 bits per heavy atom. The normalized spacial score (nSPS) is 9.89. The summed E-state index contributed by atoms with van der Waals surface area (Å²) in [4.78, 5) is 22.5. The largest absolute Gasteiger partial charge is 0.292 e. The maximum absolute atomic E-state index is 11.8. The molecule has 0 heterocycles. The van der Waals surface area contributed by atoms with Crippen LogP contribution in [0.4, 0.5) is 5.69 Å². The number of carbonyl (C=O) groups excluding carboxylic acids is 1. The Kier molecular flexibility index (Phi) is 4.15. The summed E-state index contributed by atoms with van der Waals surface area (Å²) in [6.45, 7) is 0. The lowest BCUT2D eigenvalue weighted by atomic mass is 10.2. The van der Waals surface area contributed by atoms with Gasteiger partial charge in [0.1, 0.15) is 0 Å². The summed E-state index contributed by atoms with van der Waals surface area (Å²) in [5, 5.41) is 10.5.